The van der Waals surface area contributed by atoms with Gasteiger partial charge >= 0.3 is 0 Å². The Hall–Kier alpha value is -4.23. The number of benzene rings is 3. The van der Waals surface area contributed by atoms with Gasteiger partial charge in [0.25, 0.3) is 5.91 Å². The Labute approximate surface area is 336 Å². The van der Waals surface area contributed by atoms with E-state index in [1.807, 2.05) is 89.2 Å². The van der Waals surface area contributed by atoms with Crippen molar-refractivity contribution in [2.75, 3.05) is 37.1 Å². The predicted molar refractivity (Wildman–Crippen MR) is 240 cm³/mol. The second-order valence-corrected chi connectivity index (χ2v) is 17.4. The first kappa shape index (κ1) is 43.5. The first-order valence-electron chi connectivity index (χ1n) is 20.4. The molecule has 3 aromatic carbocycles. The summed E-state index contributed by atoms with van der Waals surface area (Å²) in [4.78, 5) is 22.1. The molecular weight excluding hydrogens is 697 g/mol. The summed E-state index contributed by atoms with van der Waals surface area (Å²) < 4.78 is 1.58. The molecule has 0 bridgehead atoms. The van der Waals surface area contributed by atoms with Crippen LogP contribution in [0.5, 0.6) is 0 Å². The van der Waals surface area contributed by atoms with E-state index in [0.29, 0.717) is 30.0 Å². The molecule has 1 aromatic heterocycles. The fourth-order valence-electron chi connectivity index (χ4n) is 7.57. The first-order chi connectivity index (χ1) is 26.4. The fourth-order valence-corrected chi connectivity index (χ4v) is 8.97. The van der Waals surface area contributed by atoms with Crippen LogP contribution in [-0.4, -0.2) is 52.2 Å². The van der Waals surface area contributed by atoms with Crippen LogP contribution in [0.3, 0.4) is 0 Å². The van der Waals surface area contributed by atoms with Crippen LogP contribution in [0, 0.1) is 11.3 Å². The van der Waals surface area contributed by atoms with E-state index in [-0.39, 0.29) is 22.0 Å². The zero-order chi connectivity index (χ0) is 40.2. The molecule has 5 rings (SSSR count). The SMILES string of the molecule is C=C(CCC(/C(O)=C/C1(C)CCCCC1)C(C)(C)SCCCC)c1nc(-c2ccc(NC)cc2)c(-c2ccc(N(C)C)cc2)n1C(=O)c1ccccc1.CC. The third-order valence-electron chi connectivity index (χ3n) is 10.9. The van der Waals surface area contributed by atoms with Crippen LogP contribution in [0.25, 0.3) is 28.1 Å². The molecule has 1 fully saturated rings. The maximum absolute atomic E-state index is 14.7. The van der Waals surface area contributed by atoms with Gasteiger partial charge in [-0.3, -0.25) is 9.36 Å². The highest BCUT2D eigenvalue weighted by molar-refractivity contribution is 8.00. The average Bonchev–Trinajstić information content (AvgIpc) is 3.59. The molecule has 6 nitrogen and oxygen atoms in total. The van der Waals surface area contributed by atoms with Crippen molar-refractivity contribution >= 4 is 34.6 Å². The van der Waals surface area contributed by atoms with Crippen molar-refractivity contribution in [1.82, 2.24) is 9.55 Å². The number of thioether (sulfide) groups is 1. The largest absolute Gasteiger partial charge is 0.512 e. The summed E-state index contributed by atoms with van der Waals surface area (Å²) in [6, 6.07) is 25.9. The van der Waals surface area contributed by atoms with E-state index in [1.165, 1.54) is 19.3 Å². The molecule has 55 heavy (non-hydrogen) atoms. The van der Waals surface area contributed by atoms with E-state index in [1.54, 1.807) is 4.57 Å². The number of imidazole rings is 1. The number of allylic oxidation sites excluding steroid dienone is 3. The number of hydrogen-bond donors (Lipinski definition) is 2. The highest BCUT2D eigenvalue weighted by Gasteiger charge is 2.36. The molecule has 296 valence electrons. The Bertz CT molecular complexity index is 1850. The van der Waals surface area contributed by atoms with Crippen LogP contribution in [0.2, 0.25) is 0 Å². The summed E-state index contributed by atoms with van der Waals surface area (Å²) in [6.45, 7) is 17.7. The van der Waals surface area contributed by atoms with E-state index < -0.39 is 0 Å². The molecule has 2 N–H and O–H groups in total. The summed E-state index contributed by atoms with van der Waals surface area (Å²) in [5.41, 5.74) is 6.69. The molecule has 7 heteroatoms. The number of aliphatic hydroxyl groups is 1. The topological polar surface area (TPSA) is 70.4 Å². The minimum absolute atomic E-state index is 0.00882. The monoisotopic (exact) mass is 762 g/mol. The minimum atomic E-state index is -0.199. The number of aliphatic hydroxyl groups excluding tert-OH is 1. The number of carbonyl (C=O) groups is 1. The Kier molecular flexibility index (Phi) is 15.9. The Morgan fingerprint density at radius 3 is 2.20 bits per heavy atom. The summed E-state index contributed by atoms with van der Waals surface area (Å²) in [6.07, 6.45) is 11.6. The lowest BCUT2D eigenvalue weighted by Crippen LogP contribution is -2.31. The van der Waals surface area contributed by atoms with Crippen LogP contribution in [-0.2, 0) is 0 Å². The maximum atomic E-state index is 14.7. The molecule has 0 amide bonds. The van der Waals surface area contributed by atoms with Gasteiger partial charge in [-0.15, -0.1) is 0 Å². The van der Waals surface area contributed by atoms with Gasteiger partial charge in [0.15, 0.2) is 0 Å². The summed E-state index contributed by atoms with van der Waals surface area (Å²) in [5.74, 6) is 1.86. The van der Waals surface area contributed by atoms with Gasteiger partial charge in [0.05, 0.1) is 17.1 Å². The molecule has 0 spiro atoms. The van der Waals surface area contributed by atoms with Crippen LogP contribution in [0.4, 0.5) is 11.4 Å². The van der Waals surface area contributed by atoms with Crippen LogP contribution in [0.1, 0.15) is 116 Å². The van der Waals surface area contributed by atoms with Crippen LogP contribution < -0.4 is 10.2 Å². The van der Waals surface area contributed by atoms with Crippen molar-refractivity contribution in [2.45, 2.75) is 104 Å². The number of rotatable bonds is 16. The van der Waals surface area contributed by atoms with Crippen molar-refractivity contribution in [1.29, 1.82) is 0 Å². The number of carbonyl (C=O) groups excluding carboxylic acids is 1. The third kappa shape index (κ3) is 11.0. The molecule has 1 aliphatic rings. The smallest absolute Gasteiger partial charge is 0.264 e. The predicted octanol–water partition coefficient (Wildman–Crippen LogP) is 13.2. The number of nitrogens with one attached hydrogen (secondary N) is 1. The van der Waals surface area contributed by atoms with Gasteiger partial charge in [-0.05, 0) is 105 Å². The summed E-state index contributed by atoms with van der Waals surface area (Å²) >= 11 is 1.95. The lowest BCUT2D eigenvalue weighted by atomic mass is 9.74. The molecule has 1 aliphatic carbocycles. The van der Waals surface area contributed by atoms with Gasteiger partial charge in [-0.25, -0.2) is 4.98 Å². The van der Waals surface area contributed by atoms with E-state index in [0.717, 1.165) is 70.9 Å². The third-order valence-corrected chi connectivity index (χ3v) is 12.4. The molecular formula is C48H66N4O2S. The van der Waals surface area contributed by atoms with Crippen molar-refractivity contribution in [2.24, 2.45) is 11.3 Å². The Morgan fingerprint density at radius 1 is 1.00 bits per heavy atom. The lowest BCUT2D eigenvalue weighted by Gasteiger charge is -2.37. The van der Waals surface area contributed by atoms with Gasteiger partial charge in [-0.1, -0.05) is 102 Å². The molecule has 1 saturated carbocycles. The quantitative estimate of drug-likeness (QED) is 0.0875. The molecule has 0 aliphatic heterocycles. The number of aromatic nitrogens is 2. The van der Waals surface area contributed by atoms with E-state index in [9.17, 15) is 9.90 Å². The highest BCUT2D eigenvalue weighted by atomic mass is 32.2. The zero-order valence-corrected chi connectivity index (χ0v) is 35.9. The molecule has 0 radical (unpaired) electrons. The van der Waals surface area contributed by atoms with Gasteiger partial charge in [0, 0.05) is 59.9 Å². The molecule has 1 unspecified atom stereocenters. The molecule has 0 saturated heterocycles. The summed E-state index contributed by atoms with van der Waals surface area (Å²) in [7, 11) is 5.95. The summed E-state index contributed by atoms with van der Waals surface area (Å²) in [5, 5.41) is 15.2. The molecule has 1 atom stereocenters. The van der Waals surface area contributed by atoms with Crippen molar-refractivity contribution < 1.29 is 9.90 Å². The molecule has 4 aromatic rings. The zero-order valence-electron chi connectivity index (χ0n) is 35.0. The van der Waals surface area contributed by atoms with Gasteiger partial charge < -0.3 is 15.3 Å². The highest BCUT2D eigenvalue weighted by Crippen LogP contribution is 2.45. The van der Waals surface area contributed by atoms with Crippen molar-refractivity contribution in [3.8, 4) is 22.5 Å². The molecule has 1 heterocycles. The van der Waals surface area contributed by atoms with Gasteiger partial charge in [0.2, 0.25) is 0 Å². The fraction of sp³-hybridized carbons (Fsp3) is 0.458. The number of anilines is 2. The average molecular weight is 763 g/mol. The van der Waals surface area contributed by atoms with Crippen LogP contribution in [0.15, 0.2) is 97.3 Å². The van der Waals surface area contributed by atoms with Crippen molar-refractivity contribution in [3.05, 3.63) is 109 Å². The van der Waals surface area contributed by atoms with Gasteiger partial charge in [-0.2, -0.15) is 11.8 Å². The minimum Gasteiger partial charge on any atom is -0.512 e. The van der Waals surface area contributed by atoms with Crippen LogP contribution >= 0.6 is 11.8 Å². The number of hydrogen-bond acceptors (Lipinski definition) is 6. The Balaban J connectivity index is 0.00000331. The second kappa shape index (κ2) is 20.1. The lowest BCUT2D eigenvalue weighted by molar-refractivity contribution is 0.0960. The van der Waals surface area contributed by atoms with E-state index >= 15 is 0 Å². The number of unbranched alkanes of at least 4 members (excludes halogenated alkanes) is 1. The van der Waals surface area contributed by atoms with E-state index in [4.69, 9.17) is 4.98 Å². The van der Waals surface area contributed by atoms with Crippen molar-refractivity contribution in [3.63, 3.8) is 0 Å². The van der Waals surface area contributed by atoms with E-state index in [2.05, 4.69) is 87.0 Å². The Morgan fingerprint density at radius 2 is 1.62 bits per heavy atom. The normalized spacial score (nSPS) is 14.7. The second-order valence-electron chi connectivity index (χ2n) is 15.7. The first-order valence-corrected chi connectivity index (χ1v) is 21.4. The number of nitrogens with zero attached hydrogens (tertiary/aromatic N) is 3. The standard InChI is InChI=1S/C46H60N4O2S.C2H6/c1-9-10-31-53-45(3,4)39(40(51)32-46(5)29-15-12-16-30-46)28-19-33(2)43-48-41(34-20-24-37(47-6)25-21-34)42(35-22-26-38(27-23-35)49(7)8)50(43)44(52)36-17-13-11-14-18-36;1-2/h11,13-14,17-18,20-27,32,39,47,51H,2,9-10,12,15-16,19,28-31H2,1,3-8H3;1-2H3/b40-32-;. The van der Waals surface area contributed by atoms with Gasteiger partial charge in [0.1, 0.15) is 5.82 Å². The maximum Gasteiger partial charge on any atom is 0.264 e.